The van der Waals surface area contributed by atoms with Gasteiger partial charge in [-0.1, -0.05) is 11.6 Å². The van der Waals surface area contributed by atoms with Crippen LogP contribution in [0.5, 0.6) is 0 Å². The van der Waals surface area contributed by atoms with Crippen LogP contribution in [0.3, 0.4) is 0 Å². The van der Waals surface area contributed by atoms with Gasteiger partial charge in [0.05, 0.1) is 16.3 Å². The van der Waals surface area contributed by atoms with Gasteiger partial charge in [-0.3, -0.25) is 4.90 Å². The summed E-state index contributed by atoms with van der Waals surface area (Å²) in [5.74, 6) is -0.938. The molecule has 3 rings (SSSR count). The Morgan fingerprint density at radius 1 is 1.21 bits per heavy atom. The van der Waals surface area contributed by atoms with E-state index >= 15 is 0 Å². The Morgan fingerprint density at radius 3 is 2.42 bits per heavy atom. The Morgan fingerprint density at radius 2 is 1.89 bits per heavy atom. The number of anilines is 1. The van der Waals surface area contributed by atoms with Crippen molar-refractivity contribution in [2.75, 3.05) is 31.1 Å². The van der Waals surface area contributed by atoms with E-state index < -0.39 is 5.97 Å². The van der Waals surface area contributed by atoms with E-state index in [-0.39, 0.29) is 5.56 Å². The van der Waals surface area contributed by atoms with Crippen molar-refractivity contribution in [2.45, 2.75) is 18.9 Å². The molecule has 102 valence electrons. The van der Waals surface area contributed by atoms with Crippen molar-refractivity contribution in [1.82, 2.24) is 4.90 Å². The monoisotopic (exact) mass is 280 g/mol. The number of halogens is 1. The third-order valence-corrected chi connectivity index (χ3v) is 4.22. The fraction of sp³-hybridized carbons (Fsp3) is 0.500. The molecule has 1 aromatic rings. The largest absolute Gasteiger partial charge is 0.478 e. The summed E-state index contributed by atoms with van der Waals surface area (Å²) in [6, 6.07) is 5.79. The summed E-state index contributed by atoms with van der Waals surface area (Å²) in [5, 5.41) is 9.46. The highest BCUT2D eigenvalue weighted by molar-refractivity contribution is 6.33. The average molecular weight is 281 g/mol. The van der Waals surface area contributed by atoms with E-state index in [2.05, 4.69) is 9.80 Å². The quantitative estimate of drug-likeness (QED) is 0.923. The lowest BCUT2D eigenvalue weighted by Crippen LogP contribution is -2.47. The van der Waals surface area contributed by atoms with Gasteiger partial charge in [-0.25, -0.2) is 4.79 Å². The molecule has 0 bridgehead atoms. The molecule has 0 aromatic heterocycles. The summed E-state index contributed by atoms with van der Waals surface area (Å²) in [4.78, 5) is 15.7. The number of carbonyl (C=O) groups is 1. The fourth-order valence-corrected chi connectivity index (χ4v) is 2.96. The van der Waals surface area contributed by atoms with Crippen LogP contribution < -0.4 is 4.90 Å². The van der Waals surface area contributed by atoms with Gasteiger partial charge >= 0.3 is 5.97 Å². The van der Waals surface area contributed by atoms with Gasteiger partial charge in [0.15, 0.2) is 0 Å². The number of carboxylic acid groups (broad SMARTS) is 1. The summed E-state index contributed by atoms with van der Waals surface area (Å²) in [7, 11) is 0. The summed E-state index contributed by atoms with van der Waals surface area (Å²) in [6.45, 7) is 4.06. The van der Waals surface area contributed by atoms with Gasteiger partial charge in [0, 0.05) is 32.2 Å². The molecule has 0 spiro atoms. The van der Waals surface area contributed by atoms with Gasteiger partial charge in [-0.05, 0) is 31.0 Å². The van der Waals surface area contributed by atoms with Gasteiger partial charge in [-0.2, -0.15) is 0 Å². The molecule has 1 aromatic carbocycles. The lowest BCUT2D eigenvalue weighted by atomic mass is 10.1. The lowest BCUT2D eigenvalue weighted by molar-refractivity contribution is 0.0697. The van der Waals surface area contributed by atoms with Gasteiger partial charge in [-0.15, -0.1) is 0 Å². The number of benzene rings is 1. The first-order valence-electron chi connectivity index (χ1n) is 6.67. The highest BCUT2D eigenvalue weighted by Gasteiger charge is 2.31. The molecule has 1 heterocycles. The van der Waals surface area contributed by atoms with Crippen LogP contribution in [-0.2, 0) is 0 Å². The van der Waals surface area contributed by atoms with Crippen LogP contribution in [0, 0.1) is 0 Å². The fourth-order valence-electron chi connectivity index (χ4n) is 2.66. The molecule has 0 atom stereocenters. The van der Waals surface area contributed by atoms with E-state index in [0.717, 1.165) is 37.9 Å². The summed E-state index contributed by atoms with van der Waals surface area (Å²) in [5.41, 5.74) is 1.19. The number of hydrogen-bond acceptors (Lipinski definition) is 3. The molecule has 1 saturated carbocycles. The lowest BCUT2D eigenvalue weighted by Gasteiger charge is -2.36. The molecule has 2 aliphatic rings. The minimum atomic E-state index is -0.938. The first kappa shape index (κ1) is 12.8. The molecule has 1 saturated heterocycles. The summed E-state index contributed by atoms with van der Waals surface area (Å²) >= 11 is 6.20. The van der Waals surface area contributed by atoms with Crippen molar-refractivity contribution in [3.8, 4) is 0 Å². The molecule has 1 N–H and O–H groups in total. The Balaban J connectivity index is 1.70. The zero-order valence-electron chi connectivity index (χ0n) is 10.7. The van der Waals surface area contributed by atoms with Crippen LogP contribution in [0.15, 0.2) is 18.2 Å². The predicted octanol–water partition coefficient (Wildman–Crippen LogP) is 2.32. The van der Waals surface area contributed by atoms with E-state index in [1.807, 2.05) is 6.07 Å². The maximum Gasteiger partial charge on any atom is 0.335 e. The Hall–Kier alpha value is -1.26. The standard InChI is InChI=1S/C14H17ClN2O2/c15-12-9-10(14(18)19)1-4-13(12)17-7-5-16(6-8-17)11-2-3-11/h1,4,9,11H,2-3,5-8H2,(H,18,19). The molecule has 1 aliphatic heterocycles. The Labute approximate surface area is 117 Å². The second-order valence-corrected chi connectivity index (χ2v) is 5.63. The first-order chi connectivity index (χ1) is 9.15. The van der Waals surface area contributed by atoms with E-state index in [0.29, 0.717) is 5.02 Å². The minimum absolute atomic E-state index is 0.241. The molecule has 0 amide bonds. The van der Waals surface area contributed by atoms with Gasteiger partial charge in [0.2, 0.25) is 0 Å². The maximum absolute atomic E-state index is 10.9. The number of carboxylic acids is 1. The van der Waals surface area contributed by atoms with Crippen LogP contribution in [0.1, 0.15) is 23.2 Å². The van der Waals surface area contributed by atoms with E-state index in [9.17, 15) is 4.79 Å². The van der Waals surface area contributed by atoms with Crippen molar-refractivity contribution < 1.29 is 9.90 Å². The van der Waals surface area contributed by atoms with Crippen LogP contribution in [0.25, 0.3) is 0 Å². The van der Waals surface area contributed by atoms with E-state index in [1.54, 1.807) is 6.07 Å². The topological polar surface area (TPSA) is 43.8 Å². The van der Waals surface area contributed by atoms with Crippen LogP contribution in [0.2, 0.25) is 5.02 Å². The third kappa shape index (κ3) is 2.69. The number of nitrogens with zero attached hydrogens (tertiary/aromatic N) is 2. The smallest absolute Gasteiger partial charge is 0.335 e. The molecule has 1 aliphatic carbocycles. The van der Waals surface area contributed by atoms with Crippen molar-refractivity contribution in [3.05, 3.63) is 28.8 Å². The normalized spacial score (nSPS) is 20.6. The highest BCUT2D eigenvalue weighted by atomic mass is 35.5. The molecule has 4 nitrogen and oxygen atoms in total. The second-order valence-electron chi connectivity index (χ2n) is 5.23. The highest BCUT2D eigenvalue weighted by Crippen LogP contribution is 2.31. The van der Waals surface area contributed by atoms with Crippen LogP contribution in [-0.4, -0.2) is 48.2 Å². The van der Waals surface area contributed by atoms with Crippen molar-refractivity contribution in [1.29, 1.82) is 0 Å². The van der Waals surface area contributed by atoms with Crippen molar-refractivity contribution in [3.63, 3.8) is 0 Å². The molecule has 5 heteroatoms. The molecule has 2 fully saturated rings. The molecule has 0 radical (unpaired) electrons. The summed E-state index contributed by atoms with van der Waals surface area (Å²) < 4.78 is 0. The zero-order chi connectivity index (χ0) is 13.4. The Bertz CT molecular complexity index is 494. The summed E-state index contributed by atoms with van der Waals surface area (Å²) in [6.07, 6.45) is 2.68. The molecular weight excluding hydrogens is 264 g/mol. The minimum Gasteiger partial charge on any atom is -0.478 e. The SMILES string of the molecule is O=C(O)c1ccc(N2CCN(C3CC3)CC2)c(Cl)c1. The third-order valence-electron chi connectivity index (χ3n) is 3.91. The first-order valence-corrected chi connectivity index (χ1v) is 7.05. The van der Waals surface area contributed by atoms with Gasteiger partial charge < -0.3 is 10.0 Å². The van der Waals surface area contributed by atoms with Crippen molar-refractivity contribution >= 4 is 23.3 Å². The van der Waals surface area contributed by atoms with E-state index in [1.165, 1.54) is 18.9 Å². The van der Waals surface area contributed by atoms with Gasteiger partial charge in [0.1, 0.15) is 0 Å². The van der Waals surface area contributed by atoms with Crippen molar-refractivity contribution in [2.24, 2.45) is 0 Å². The Kier molecular flexibility index (Phi) is 3.37. The van der Waals surface area contributed by atoms with E-state index in [4.69, 9.17) is 16.7 Å². The zero-order valence-corrected chi connectivity index (χ0v) is 11.4. The predicted molar refractivity (Wildman–Crippen MR) is 75.2 cm³/mol. The van der Waals surface area contributed by atoms with Crippen LogP contribution >= 0.6 is 11.6 Å². The number of hydrogen-bond donors (Lipinski definition) is 1. The maximum atomic E-state index is 10.9. The second kappa shape index (κ2) is 5.02. The molecular formula is C14H17ClN2O2. The molecule has 0 unspecified atom stereocenters. The molecule has 19 heavy (non-hydrogen) atoms. The average Bonchev–Trinajstić information content (AvgIpc) is 3.23. The van der Waals surface area contributed by atoms with Crippen LogP contribution in [0.4, 0.5) is 5.69 Å². The number of rotatable bonds is 3. The van der Waals surface area contributed by atoms with Gasteiger partial charge in [0.25, 0.3) is 0 Å². The number of aromatic carboxylic acids is 1. The number of piperazine rings is 1.